The molecule has 5 unspecified atom stereocenters. The molecule has 2 heterocycles. The summed E-state index contributed by atoms with van der Waals surface area (Å²) in [7, 11) is 2.07. The van der Waals surface area contributed by atoms with Crippen molar-refractivity contribution in [3.05, 3.63) is 18.2 Å². The van der Waals surface area contributed by atoms with Gasteiger partial charge >= 0.3 is 0 Å². The van der Waals surface area contributed by atoms with E-state index in [0.29, 0.717) is 30.1 Å². The van der Waals surface area contributed by atoms with Crippen molar-refractivity contribution in [2.75, 3.05) is 6.54 Å². The number of aryl methyl sites for hydroxylation is 1. The molecule has 1 aromatic heterocycles. The van der Waals surface area contributed by atoms with Crippen LogP contribution in [-0.2, 0) is 18.2 Å². The standard InChI is InChI=1S/C16H29N3O/c1-6-7-17-14(10-15-18-8-9-19(15)5)16-11(2)12(3)20-13(16)4/h8-9,11-14,16-17H,6-7,10H2,1-5H3. The van der Waals surface area contributed by atoms with Crippen molar-refractivity contribution < 1.29 is 4.74 Å². The van der Waals surface area contributed by atoms with Gasteiger partial charge in [-0.2, -0.15) is 0 Å². The number of rotatable bonds is 6. The lowest BCUT2D eigenvalue weighted by molar-refractivity contribution is 0.0475. The second-order valence-corrected chi connectivity index (χ2v) is 6.20. The molecular formula is C16H29N3O. The highest BCUT2D eigenvalue weighted by Gasteiger charge is 2.41. The summed E-state index contributed by atoms with van der Waals surface area (Å²) in [6, 6.07) is 0.436. The summed E-state index contributed by atoms with van der Waals surface area (Å²) in [5.74, 6) is 2.28. The van der Waals surface area contributed by atoms with E-state index in [2.05, 4.69) is 49.6 Å². The number of imidazole rings is 1. The predicted octanol–water partition coefficient (Wildman–Crippen LogP) is 2.39. The number of hydrogen-bond donors (Lipinski definition) is 1. The van der Waals surface area contributed by atoms with Crippen LogP contribution in [0.4, 0.5) is 0 Å². The summed E-state index contributed by atoms with van der Waals surface area (Å²) in [4.78, 5) is 4.49. The molecule has 0 radical (unpaired) electrons. The van der Waals surface area contributed by atoms with Gasteiger partial charge in [0.05, 0.1) is 12.2 Å². The van der Waals surface area contributed by atoms with Gasteiger partial charge in [-0.3, -0.25) is 0 Å². The van der Waals surface area contributed by atoms with E-state index in [1.165, 1.54) is 0 Å². The minimum absolute atomic E-state index is 0.314. The SMILES string of the molecule is CCCNC(Cc1nccn1C)C1C(C)OC(C)C1C. The minimum atomic E-state index is 0.314. The van der Waals surface area contributed by atoms with Gasteiger partial charge in [-0.25, -0.2) is 4.98 Å². The first kappa shape index (κ1) is 15.5. The van der Waals surface area contributed by atoms with Crippen LogP contribution in [0, 0.1) is 11.8 Å². The molecule has 0 aromatic carbocycles. The molecule has 1 N–H and O–H groups in total. The Morgan fingerprint density at radius 3 is 2.60 bits per heavy atom. The second-order valence-electron chi connectivity index (χ2n) is 6.20. The Labute approximate surface area is 122 Å². The zero-order valence-corrected chi connectivity index (χ0v) is 13.5. The van der Waals surface area contributed by atoms with Crippen LogP contribution in [0.1, 0.15) is 39.9 Å². The van der Waals surface area contributed by atoms with Gasteiger partial charge in [0.1, 0.15) is 5.82 Å². The maximum Gasteiger partial charge on any atom is 0.109 e. The van der Waals surface area contributed by atoms with E-state index in [1.54, 1.807) is 0 Å². The molecular weight excluding hydrogens is 250 g/mol. The van der Waals surface area contributed by atoms with E-state index in [0.717, 1.165) is 25.2 Å². The number of ether oxygens (including phenoxy) is 1. The van der Waals surface area contributed by atoms with Crippen molar-refractivity contribution in [3.63, 3.8) is 0 Å². The molecule has 1 saturated heterocycles. The second kappa shape index (κ2) is 6.72. The van der Waals surface area contributed by atoms with Crippen molar-refractivity contribution in [1.29, 1.82) is 0 Å². The number of aromatic nitrogens is 2. The Balaban J connectivity index is 2.12. The fourth-order valence-corrected chi connectivity index (χ4v) is 3.45. The summed E-state index contributed by atoms with van der Waals surface area (Å²) in [6.07, 6.45) is 6.69. The quantitative estimate of drug-likeness (QED) is 0.869. The van der Waals surface area contributed by atoms with E-state index in [4.69, 9.17) is 4.74 Å². The van der Waals surface area contributed by atoms with Gasteiger partial charge in [0, 0.05) is 37.8 Å². The average molecular weight is 279 g/mol. The van der Waals surface area contributed by atoms with Crippen LogP contribution in [0.2, 0.25) is 0 Å². The van der Waals surface area contributed by atoms with Crippen molar-refractivity contribution in [2.45, 2.75) is 58.8 Å². The Hall–Kier alpha value is -0.870. The summed E-state index contributed by atoms with van der Waals surface area (Å²) in [5, 5.41) is 3.72. The highest BCUT2D eigenvalue weighted by molar-refractivity contribution is 5.00. The Morgan fingerprint density at radius 2 is 2.10 bits per heavy atom. The lowest BCUT2D eigenvalue weighted by Crippen LogP contribution is -2.44. The molecule has 1 aromatic rings. The summed E-state index contributed by atoms with van der Waals surface area (Å²) >= 11 is 0. The normalized spacial score (nSPS) is 31.6. The molecule has 20 heavy (non-hydrogen) atoms. The van der Waals surface area contributed by atoms with E-state index in [-0.39, 0.29) is 0 Å². The van der Waals surface area contributed by atoms with Crippen molar-refractivity contribution in [2.24, 2.45) is 18.9 Å². The molecule has 0 aliphatic carbocycles. The highest BCUT2D eigenvalue weighted by atomic mass is 16.5. The fourth-order valence-electron chi connectivity index (χ4n) is 3.45. The zero-order valence-electron chi connectivity index (χ0n) is 13.5. The van der Waals surface area contributed by atoms with E-state index in [9.17, 15) is 0 Å². The molecule has 4 heteroatoms. The van der Waals surface area contributed by atoms with Crippen LogP contribution in [0.5, 0.6) is 0 Å². The summed E-state index contributed by atoms with van der Waals surface area (Å²) in [6.45, 7) is 9.99. The molecule has 4 nitrogen and oxygen atoms in total. The average Bonchev–Trinajstić information content (AvgIpc) is 2.91. The van der Waals surface area contributed by atoms with Crippen molar-refractivity contribution in [3.8, 4) is 0 Å². The van der Waals surface area contributed by atoms with Crippen molar-refractivity contribution >= 4 is 0 Å². The van der Waals surface area contributed by atoms with E-state index in [1.807, 2.05) is 12.4 Å². The first-order valence-corrected chi connectivity index (χ1v) is 7.89. The smallest absolute Gasteiger partial charge is 0.109 e. The first-order chi connectivity index (χ1) is 9.54. The van der Waals surface area contributed by atoms with Gasteiger partial charge in [-0.1, -0.05) is 13.8 Å². The number of nitrogens with zero attached hydrogens (tertiary/aromatic N) is 2. The lowest BCUT2D eigenvalue weighted by atomic mass is 9.82. The highest BCUT2D eigenvalue weighted by Crippen LogP contribution is 2.35. The van der Waals surface area contributed by atoms with Crippen LogP contribution in [0.15, 0.2) is 12.4 Å². The first-order valence-electron chi connectivity index (χ1n) is 7.89. The topological polar surface area (TPSA) is 39.1 Å². The third-order valence-corrected chi connectivity index (χ3v) is 4.76. The van der Waals surface area contributed by atoms with Gasteiger partial charge in [0.25, 0.3) is 0 Å². The van der Waals surface area contributed by atoms with Crippen LogP contribution >= 0.6 is 0 Å². The molecule has 1 fully saturated rings. The third-order valence-electron chi connectivity index (χ3n) is 4.76. The maximum atomic E-state index is 6.03. The monoisotopic (exact) mass is 279 g/mol. The summed E-state index contributed by atoms with van der Waals surface area (Å²) < 4.78 is 8.15. The van der Waals surface area contributed by atoms with Gasteiger partial charge in [0.2, 0.25) is 0 Å². The molecule has 1 aliphatic heterocycles. The third kappa shape index (κ3) is 3.23. The molecule has 0 saturated carbocycles. The van der Waals surface area contributed by atoms with Crippen molar-refractivity contribution in [1.82, 2.24) is 14.9 Å². The Bertz CT molecular complexity index is 418. The number of nitrogens with one attached hydrogen (secondary N) is 1. The molecule has 114 valence electrons. The molecule has 0 bridgehead atoms. The largest absolute Gasteiger partial charge is 0.375 e. The molecule has 0 amide bonds. The van der Waals surface area contributed by atoms with E-state index < -0.39 is 0 Å². The molecule has 0 spiro atoms. The zero-order chi connectivity index (χ0) is 14.7. The molecule has 1 aliphatic rings. The van der Waals surface area contributed by atoms with Gasteiger partial charge in [-0.15, -0.1) is 0 Å². The maximum absolute atomic E-state index is 6.03. The van der Waals surface area contributed by atoms with Crippen LogP contribution in [-0.4, -0.2) is 34.3 Å². The fraction of sp³-hybridized carbons (Fsp3) is 0.812. The van der Waals surface area contributed by atoms with Gasteiger partial charge in [0.15, 0.2) is 0 Å². The van der Waals surface area contributed by atoms with Crippen LogP contribution in [0.25, 0.3) is 0 Å². The van der Waals surface area contributed by atoms with Gasteiger partial charge < -0.3 is 14.6 Å². The lowest BCUT2D eigenvalue weighted by Gasteiger charge is -2.30. The molecule has 2 rings (SSSR count). The van der Waals surface area contributed by atoms with Gasteiger partial charge in [-0.05, 0) is 32.7 Å². The Kier molecular flexibility index (Phi) is 5.22. The van der Waals surface area contributed by atoms with Crippen LogP contribution in [0.3, 0.4) is 0 Å². The Morgan fingerprint density at radius 1 is 1.35 bits per heavy atom. The van der Waals surface area contributed by atoms with Crippen LogP contribution < -0.4 is 5.32 Å². The molecule has 5 atom stereocenters. The number of hydrogen-bond acceptors (Lipinski definition) is 3. The summed E-state index contributed by atoms with van der Waals surface area (Å²) in [5.41, 5.74) is 0. The predicted molar refractivity (Wildman–Crippen MR) is 81.7 cm³/mol. The minimum Gasteiger partial charge on any atom is -0.375 e. The van der Waals surface area contributed by atoms with E-state index >= 15 is 0 Å².